The SMILES string of the molecule is O=C1c2ccccc2C(=O)N1c1cccc(NC(=O)C(Cl)(Cl)Cl)c1. The number of anilines is 2. The number of halogens is 3. The molecule has 0 saturated heterocycles. The van der Waals surface area contributed by atoms with E-state index in [0.29, 0.717) is 22.5 Å². The Kier molecular flexibility index (Phi) is 4.25. The molecule has 3 amide bonds. The highest BCUT2D eigenvalue weighted by atomic mass is 35.6. The van der Waals surface area contributed by atoms with E-state index in [2.05, 4.69) is 5.32 Å². The third-order valence-electron chi connectivity index (χ3n) is 3.41. The van der Waals surface area contributed by atoms with E-state index < -0.39 is 21.5 Å². The van der Waals surface area contributed by atoms with Gasteiger partial charge in [0.05, 0.1) is 16.8 Å². The van der Waals surface area contributed by atoms with E-state index in [-0.39, 0.29) is 0 Å². The van der Waals surface area contributed by atoms with Crippen molar-refractivity contribution in [2.45, 2.75) is 3.79 Å². The number of hydrogen-bond donors (Lipinski definition) is 1. The molecule has 0 aromatic heterocycles. The molecule has 0 spiro atoms. The molecule has 24 heavy (non-hydrogen) atoms. The van der Waals surface area contributed by atoms with Crippen LogP contribution in [0.1, 0.15) is 20.7 Å². The summed E-state index contributed by atoms with van der Waals surface area (Å²) in [6.45, 7) is 0. The fourth-order valence-electron chi connectivity index (χ4n) is 2.35. The molecule has 1 N–H and O–H groups in total. The summed E-state index contributed by atoms with van der Waals surface area (Å²) in [6, 6.07) is 12.7. The summed E-state index contributed by atoms with van der Waals surface area (Å²) in [7, 11) is 0. The zero-order valence-electron chi connectivity index (χ0n) is 11.9. The second-order valence-electron chi connectivity index (χ2n) is 4.99. The van der Waals surface area contributed by atoms with E-state index in [4.69, 9.17) is 34.8 Å². The van der Waals surface area contributed by atoms with Crippen LogP contribution in [-0.4, -0.2) is 21.5 Å². The fraction of sp³-hybridized carbons (Fsp3) is 0.0625. The second-order valence-corrected chi connectivity index (χ2v) is 7.27. The first kappa shape index (κ1) is 16.8. The molecular weight excluding hydrogens is 375 g/mol. The Hall–Kier alpha value is -2.08. The minimum Gasteiger partial charge on any atom is -0.322 e. The van der Waals surface area contributed by atoms with Crippen molar-refractivity contribution < 1.29 is 14.4 Å². The molecule has 0 fully saturated rings. The summed E-state index contributed by atoms with van der Waals surface area (Å²) < 4.78 is -2.12. The fourth-order valence-corrected chi connectivity index (χ4v) is 2.49. The molecule has 3 rings (SSSR count). The van der Waals surface area contributed by atoms with Crippen molar-refractivity contribution in [1.29, 1.82) is 0 Å². The van der Waals surface area contributed by atoms with Gasteiger partial charge >= 0.3 is 0 Å². The summed E-state index contributed by atoms with van der Waals surface area (Å²) in [5, 5.41) is 2.41. The van der Waals surface area contributed by atoms with E-state index in [1.165, 1.54) is 6.07 Å². The Bertz CT molecular complexity index is 827. The summed E-state index contributed by atoms with van der Waals surface area (Å²) in [5.74, 6) is -1.70. The van der Waals surface area contributed by atoms with Crippen LogP contribution < -0.4 is 10.2 Å². The molecule has 0 saturated carbocycles. The number of hydrogen-bond acceptors (Lipinski definition) is 3. The van der Waals surface area contributed by atoms with Gasteiger partial charge in [0.1, 0.15) is 0 Å². The van der Waals surface area contributed by atoms with Crippen molar-refractivity contribution in [2.75, 3.05) is 10.2 Å². The zero-order chi connectivity index (χ0) is 17.5. The molecule has 122 valence electrons. The number of alkyl halides is 3. The van der Waals surface area contributed by atoms with Crippen molar-refractivity contribution in [3.05, 3.63) is 59.7 Å². The number of fused-ring (bicyclic) bond motifs is 1. The quantitative estimate of drug-likeness (QED) is 0.634. The maximum absolute atomic E-state index is 12.5. The zero-order valence-corrected chi connectivity index (χ0v) is 14.2. The highest BCUT2D eigenvalue weighted by Crippen LogP contribution is 2.31. The molecule has 2 aromatic carbocycles. The van der Waals surface area contributed by atoms with Gasteiger partial charge in [-0.05, 0) is 30.3 Å². The number of carbonyl (C=O) groups is 3. The number of amides is 3. The monoisotopic (exact) mass is 382 g/mol. The summed E-state index contributed by atoms with van der Waals surface area (Å²) in [4.78, 5) is 37.7. The highest BCUT2D eigenvalue weighted by Gasteiger charge is 2.36. The minimum atomic E-state index is -2.12. The van der Waals surface area contributed by atoms with Crippen molar-refractivity contribution >= 4 is 63.9 Å². The standard InChI is InChI=1S/C16H9Cl3N2O3/c17-16(18,19)15(24)20-9-4-3-5-10(8-9)21-13(22)11-6-1-2-7-12(11)14(21)23/h1-8H,(H,20,24). The van der Waals surface area contributed by atoms with Gasteiger partial charge < -0.3 is 5.32 Å². The van der Waals surface area contributed by atoms with Crippen LogP contribution in [0.5, 0.6) is 0 Å². The van der Waals surface area contributed by atoms with E-state index in [1.807, 2.05) is 0 Å². The van der Waals surface area contributed by atoms with Gasteiger partial charge in [0.2, 0.25) is 0 Å². The van der Waals surface area contributed by atoms with Gasteiger partial charge in [-0.1, -0.05) is 53.0 Å². The first-order valence-electron chi connectivity index (χ1n) is 6.75. The lowest BCUT2D eigenvalue weighted by atomic mass is 10.1. The smallest absolute Gasteiger partial charge is 0.276 e. The predicted molar refractivity (Wildman–Crippen MR) is 92.9 cm³/mol. The van der Waals surface area contributed by atoms with Crippen LogP contribution in [0.25, 0.3) is 0 Å². The molecule has 2 aromatic rings. The molecule has 0 atom stereocenters. The maximum Gasteiger partial charge on any atom is 0.276 e. The summed E-state index contributed by atoms with van der Waals surface area (Å²) in [5.41, 5.74) is 1.26. The van der Waals surface area contributed by atoms with Gasteiger partial charge in [0.15, 0.2) is 0 Å². The third kappa shape index (κ3) is 2.98. The molecule has 0 bridgehead atoms. The Morgan fingerprint density at radius 2 is 1.50 bits per heavy atom. The largest absolute Gasteiger partial charge is 0.322 e. The van der Waals surface area contributed by atoms with Gasteiger partial charge in [0, 0.05) is 5.69 Å². The van der Waals surface area contributed by atoms with Gasteiger partial charge in [0.25, 0.3) is 21.5 Å². The van der Waals surface area contributed by atoms with Crippen LogP contribution in [0.3, 0.4) is 0 Å². The molecule has 1 heterocycles. The Morgan fingerprint density at radius 1 is 0.917 bits per heavy atom. The third-order valence-corrected chi connectivity index (χ3v) is 3.93. The molecular formula is C16H9Cl3N2O3. The molecule has 5 nitrogen and oxygen atoms in total. The number of rotatable bonds is 2. The number of nitrogens with one attached hydrogen (secondary N) is 1. The van der Waals surface area contributed by atoms with E-state index in [1.54, 1.807) is 42.5 Å². The second kappa shape index (κ2) is 6.09. The van der Waals surface area contributed by atoms with Crippen molar-refractivity contribution in [1.82, 2.24) is 0 Å². The predicted octanol–water partition coefficient (Wildman–Crippen LogP) is 3.80. The van der Waals surface area contributed by atoms with Gasteiger partial charge in [-0.15, -0.1) is 0 Å². The van der Waals surface area contributed by atoms with Crippen LogP contribution in [0.4, 0.5) is 11.4 Å². The molecule has 8 heteroatoms. The van der Waals surface area contributed by atoms with E-state index in [9.17, 15) is 14.4 Å². The first-order chi connectivity index (χ1) is 11.3. The molecule has 1 aliphatic rings. The summed E-state index contributed by atoms with van der Waals surface area (Å²) >= 11 is 16.5. The van der Waals surface area contributed by atoms with Crippen molar-refractivity contribution in [3.63, 3.8) is 0 Å². The Labute approximate surface area is 152 Å². The van der Waals surface area contributed by atoms with E-state index in [0.717, 1.165) is 4.90 Å². The average Bonchev–Trinajstić information content (AvgIpc) is 2.79. The number of imide groups is 1. The van der Waals surface area contributed by atoms with Crippen molar-refractivity contribution in [2.24, 2.45) is 0 Å². The number of nitrogens with zero attached hydrogens (tertiary/aromatic N) is 1. The van der Waals surface area contributed by atoms with Crippen LogP contribution in [-0.2, 0) is 4.79 Å². The average molecular weight is 384 g/mol. The highest BCUT2D eigenvalue weighted by molar-refractivity contribution is 6.76. The van der Waals surface area contributed by atoms with Crippen LogP contribution >= 0.6 is 34.8 Å². The lowest BCUT2D eigenvalue weighted by molar-refractivity contribution is -0.115. The van der Waals surface area contributed by atoms with Crippen molar-refractivity contribution in [3.8, 4) is 0 Å². The molecule has 0 aliphatic carbocycles. The maximum atomic E-state index is 12.5. The minimum absolute atomic E-state index is 0.292. The van der Waals surface area contributed by atoms with Crippen LogP contribution in [0.15, 0.2) is 48.5 Å². The normalized spacial score (nSPS) is 13.9. The molecule has 0 radical (unpaired) electrons. The molecule has 1 aliphatic heterocycles. The Morgan fingerprint density at radius 3 is 2.04 bits per heavy atom. The van der Waals surface area contributed by atoms with Crippen LogP contribution in [0.2, 0.25) is 0 Å². The lowest BCUT2D eigenvalue weighted by Crippen LogP contribution is -2.30. The lowest BCUT2D eigenvalue weighted by Gasteiger charge is -2.16. The number of benzene rings is 2. The number of carbonyl (C=O) groups excluding carboxylic acids is 3. The van der Waals surface area contributed by atoms with Gasteiger partial charge in [-0.3, -0.25) is 14.4 Å². The topological polar surface area (TPSA) is 66.5 Å². The van der Waals surface area contributed by atoms with Crippen LogP contribution in [0, 0.1) is 0 Å². The van der Waals surface area contributed by atoms with Gasteiger partial charge in [-0.2, -0.15) is 0 Å². The molecule has 0 unspecified atom stereocenters. The first-order valence-corrected chi connectivity index (χ1v) is 7.88. The van der Waals surface area contributed by atoms with Gasteiger partial charge in [-0.25, -0.2) is 4.90 Å². The van der Waals surface area contributed by atoms with E-state index >= 15 is 0 Å². The summed E-state index contributed by atoms with van der Waals surface area (Å²) in [6.07, 6.45) is 0. The Balaban J connectivity index is 1.92.